The van der Waals surface area contributed by atoms with Crippen LogP contribution in [0.5, 0.6) is 0 Å². The lowest BCUT2D eigenvalue weighted by Crippen LogP contribution is -2.57. The number of nitrogens with zero attached hydrogens (tertiary/aromatic N) is 2. The molecule has 3 rings (SSSR count). The Hall–Kier alpha value is -2.44. The fourth-order valence-electron chi connectivity index (χ4n) is 3.01. The van der Waals surface area contributed by atoms with Crippen molar-refractivity contribution < 1.29 is 14.4 Å². The molecule has 1 aliphatic heterocycles. The Morgan fingerprint density at radius 1 is 1.40 bits per heavy atom. The molecule has 2 aliphatic rings. The zero-order valence-electron chi connectivity index (χ0n) is 14.6. The lowest BCUT2D eigenvalue weighted by Gasteiger charge is -2.36. The molecule has 3 amide bonds. The van der Waals surface area contributed by atoms with Gasteiger partial charge in [-0.15, -0.1) is 0 Å². The Bertz CT molecular complexity index is 685. The molecule has 1 aliphatic carbocycles. The lowest BCUT2D eigenvalue weighted by atomic mass is 9.99. The summed E-state index contributed by atoms with van der Waals surface area (Å²) in [6.07, 6.45) is 3.94. The van der Waals surface area contributed by atoms with E-state index in [1.807, 2.05) is 13.8 Å². The van der Waals surface area contributed by atoms with E-state index in [0.29, 0.717) is 36.8 Å². The van der Waals surface area contributed by atoms with Crippen LogP contribution in [0.15, 0.2) is 18.3 Å². The van der Waals surface area contributed by atoms with Gasteiger partial charge >= 0.3 is 0 Å². The van der Waals surface area contributed by atoms with Crippen LogP contribution < -0.4 is 10.6 Å². The number of amides is 3. The van der Waals surface area contributed by atoms with Crippen LogP contribution in [0.1, 0.15) is 43.5 Å². The van der Waals surface area contributed by atoms with E-state index in [-0.39, 0.29) is 23.6 Å². The second-order valence-corrected chi connectivity index (χ2v) is 7.13. The van der Waals surface area contributed by atoms with Crippen molar-refractivity contribution in [3.63, 3.8) is 0 Å². The minimum Gasteiger partial charge on any atom is -0.353 e. The fourth-order valence-corrected chi connectivity index (χ4v) is 3.01. The standard InChI is InChI=1S/C18H24N4O3/c1-11(2)9-14-17(24)20-7-8-22(14)18(25)13-5-6-19-15(10-13)21-16(23)12-3-4-12/h5-6,10-12,14H,3-4,7-9H2,1-2H3,(H,20,24)(H,19,21,23). The van der Waals surface area contributed by atoms with Gasteiger partial charge in [-0.2, -0.15) is 0 Å². The predicted molar refractivity (Wildman–Crippen MR) is 92.9 cm³/mol. The van der Waals surface area contributed by atoms with Crippen LogP contribution >= 0.6 is 0 Å². The highest BCUT2D eigenvalue weighted by molar-refractivity contribution is 6.00. The van der Waals surface area contributed by atoms with Crippen molar-refractivity contribution >= 4 is 23.5 Å². The summed E-state index contributed by atoms with van der Waals surface area (Å²) in [5.41, 5.74) is 0.435. The summed E-state index contributed by atoms with van der Waals surface area (Å²) in [6, 6.07) is 2.74. The van der Waals surface area contributed by atoms with Gasteiger partial charge in [0.15, 0.2) is 0 Å². The average molecular weight is 344 g/mol. The fraction of sp³-hybridized carbons (Fsp3) is 0.556. The molecule has 1 unspecified atom stereocenters. The Balaban J connectivity index is 1.76. The number of piperazine rings is 1. The number of hydrogen-bond donors (Lipinski definition) is 2. The maximum absolute atomic E-state index is 12.9. The molecular formula is C18H24N4O3. The Labute approximate surface area is 147 Å². The Morgan fingerprint density at radius 2 is 2.16 bits per heavy atom. The van der Waals surface area contributed by atoms with Crippen molar-refractivity contribution in [1.82, 2.24) is 15.2 Å². The molecule has 2 heterocycles. The second-order valence-electron chi connectivity index (χ2n) is 7.13. The van der Waals surface area contributed by atoms with Crippen LogP contribution in [0.3, 0.4) is 0 Å². The molecule has 1 aromatic rings. The number of hydrogen-bond acceptors (Lipinski definition) is 4. The smallest absolute Gasteiger partial charge is 0.254 e. The molecular weight excluding hydrogens is 320 g/mol. The van der Waals surface area contributed by atoms with E-state index < -0.39 is 6.04 Å². The van der Waals surface area contributed by atoms with E-state index in [9.17, 15) is 14.4 Å². The average Bonchev–Trinajstić information content (AvgIpc) is 3.41. The molecule has 25 heavy (non-hydrogen) atoms. The summed E-state index contributed by atoms with van der Waals surface area (Å²) in [6.45, 7) is 4.99. The number of nitrogens with one attached hydrogen (secondary N) is 2. The van der Waals surface area contributed by atoms with Crippen LogP contribution in [-0.2, 0) is 9.59 Å². The second kappa shape index (κ2) is 7.21. The number of carbonyl (C=O) groups is 3. The molecule has 0 radical (unpaired) electrons. The summed E-state index contributed by atoms with van der Waals surface area (Å²) in [5, 5.41) is 5.58. The van der Waals surface area contributed by atoms with Gasteiger partial charge in [0.25, 0.3) is 5.91 Å². The molecule has 1 aromatic heterocycles. The van der Waals surface area contributed by atoms with Gasteiger partial charge < -0.3 is 15.5 Å². The number of carbonyl (C=O) groups excluding carboxylic acids is 3. The summed E-state index contributed by atoms with van der Waals surface area (Å²) in [7, 11) is 0. The third-order valence-corrected chi connectivity index (χ3v) is 4.49. The molecule has 0 aromatic carbocycles. The van der Waals surface area contributed by atoms with Gasteiger partial charge in [0.05, 0.1) is 0 Å². The largest absolute Gasteiger partial charge is 0.353 e. The van der Waals surface area contributed by atoms with Gasteiger partial charge in [-0.3, -0.25) is 14.4 Å². The molecule has 7 heteroatoms. The maximum Gasteiger partial charge on any atom is 0.254 e. The van der Waals surface area contributed by atoms with Crippen molar-refractivity contribution in [1.29, 1.82) is 0 Å². The third kappa shape index (κ3) is 4.15. The number of rotatable bonds is 5. The first kappa shape index (κ1) is 17.4. The summed E-state index contributed by atoms with van der Waals surface area (Å²) >= 11 is 0. The molecule has 1 saturated heterocycles. The highest BCUT2D eigenvalue weighted by atomic mass is 16.2. The van der Waals surface area contributed by atoms with E-state index in [4.69, 9.17) is 0 Å². The van der Waals surface area contributed by atoms with Crippen molar-refractivity contribution in [3.8, 4) is 0 Å². The highest BCUT2D eigenvalue weighted by Crippen LogP contribution is 2.30. The van der Waals surface area contributed by atoms with E-state index >= 15 is 0 Å². The molecule has 134 valence electrons. The third-order valence-electron chi connectivity index (χ3n) is 4.49. The van der Waals surface area contributed by atoms with Gasteiger partial charge in [-0.05, 0) is 37.3 Å². The SMILES string of the molecule is CC(C)CC1C(=O)NCCN1C(=O)c1ccnc(NC(=O)C2CC2)c1. The van der Waals surface area contributed by atoms with Crippen LogP contribution in [0.25, 0.3) is 0 Å². The first-order valence-electron chi connectivity index (χ1n) is 8.81. The zero-order valence-corrected chi connectivity index (χ0v) is 14.6. The van der Waals surface area contributed by atoms with Crippen LogP contribution in [-0.4, -0.2) is 46.7 Å². The predicted octanol–water partition coefficient (Wildman–Crippen LogP) is 1.42. The minimum absolute atomic E-state index is 0.0490. The summed E-state index contributed by atoms with van der Waals surface area (Å²) in [4.78, 5) is 42.7. The topological polar surface area (TPSA) is 91.4 Å². The quantitative estimate of drug-likeness (QED) is 0.845. The first-order chi connectivity index (χ1) is 12.0. The maximum atomic E-state index is 12.9. The zero-order chi connectivity index (χ0) is 18.0. The van der Waals surface area contributed by atoms with Crippen molar-refractivity contribution in [3.05, 3.63) is 23.9 Å². The Morgan fingerprint density at radius 3 is 2.84 bits per heavy atom. The molecule has 1 atom stereocenters. The lowest BCUT2D eigenvalue weighted by molar-refractivity contribution is -0.128. The monoisotopic (exact) mass is 344 g/mol. The number of aromatic nitrogens is 1. The van der Waals surface area contributed by atoms with E-state index in [1.54, 1.807) is 17.0 Å². The summed E-state index contributed by atoms with van der Waals surface area (Å²) < 4.78 is 0. The molecule has 2 fully saturated rings. The minimum atomic E-state index is -0.459. The normalized spacial score (nSPS) is 20.4. The van der Waals surface area contributed by atoms with E-state index in [1.165, 1.54) is 6.20 Å². The van der Waals surface area contributed by atoms with Crippen molar-refractivity contribution in [2.24, 2.45) is 11.8 Å². The van der Waals surface area contributed by atoms with Gasteiger partial charge in [-0.25, -0.2) is 4.98 Å². The van der Waals surface area contributed by atoms with Gasteiger partial charge in [0, 0.05) is 30.8 Å². The molecule has 0 spiro atoms. The molecule has 2 N–H and O–H groups in total. The van der Waals surface area contributed by atoms with Gasteiger partial charge in [0.2, 0.25) is 11.8 Å². The molecule has 0 bridgehead atoms. The Kier molecular flexibility index (Phi) is 5.01. The van der Waals surface area contributed by atoms with E-state index in [2.05, 4.69) is 15.6 Å². The number of pyridine rings is 1. The highest BCUT2D eigenvalue weighted by Gasteiger charge is 2.34. The molecule has 1 saturated carbocycles. The van der Waals surface area contributed by atoms with Crippen LogP contribution in [0.2, 0.25) is 0 Å². The van der Waals surface area contributed by atoms with Gasteiger partial charge in [-0.1, -0.05) is 13.8 Å². The van der Waals surface area contributed by atoms with Crippen LogP contribution in [0.4, 0.5) is 5.82 Å². The van der Waals surface area contributed by atoms with E-state index in [0.717, 1.165) is 12.8 Å². The molecule has 7 nitrogen and oxygen atoms in total. The number of anilines is 1. The van der Waals surface area contributed by atoms with Crippen molar-refractivity contribution in [2.75, 3.05) is 18.4 Å². The van der Waals surface area contributed by atoms with Crippen LogP contribution in [0, 0.1) is 11.8 Å². The summed E-state index contributed by atoms with van der Waals surface area (Å²) in [5.74, 6) is 0.392. The first-order valence-corrected chi connectivity index (χ1v) is 8.81. The van der Waals surface area contributed by atoms with Crippen molar-refractivity contribution in [2.45, 2.75) is 39.2 Å². The van der Waals surface area contributed by atoms with Gasteiger partial charge in [0.1, 0.15) is 11.9 Å².